The van der Waals surface area contributed by atoms with Crippen molar-refractivity contribution < 1.29 is 4.74 Å². The molecule has 0 fully saturated rings. The van der Waals surface area contributed by atoms with E-state index in [1.54, 1.807) is 6.20 Å². The number of rotatable bonds is 6. The van der Waals surface area contributed by atoms with Crippen LogP contribution in [0.1, 0.15) is 12.0 Å². The Hall–Kier alpha value is -2.82. The van der Waals surface area contributed by atoms with Gasteiger partial charge in [-0.05, 0) is 36.8 Å². The quantitative estimate of drug-likeness (QED) is 0.560. The van der Waals surface area contributed by atoms with Crippen LogP contribution in [-0.2, 0) is 6.54 Å². The Labute approximate surface area is 135 Å². The number of benzene rings is 2. The number of nitrogens with zero attached hydrogens (tertiary/aromatic N) is 3. The normalized spacial score (nSPS) is 10.7. The van der Waals surface area contributed by atoms with Crippen LogP contribution in [0.25, 0.3) is 11.3 Å². The van der Waals surface area contributed by atoms with E-state index in [1.165, 1.54) is 5.56 Å². The summed E-state index contributed by atoms with van der Waals surface area (Å²) in [4.78, 5) is 0. The van der Waals surface area contributed by atoms with E-state index < -0.39 is 0 Å². The molecule has 5 heteroatoms. The fraction of sp³-hybridized carbons (Fsp3) is 0.222. The van der Waals surface area contributed by atoms with E-state index in [0.717, 1.165) is 35.7 Å². The van der Waals surface area contributed by atoms with Crippen molar-refractivity contribution in [2.75, 3.05) is 12.3 Å². The molecular weight excluding hydrogens is 288 g/mol. The lowest BCUT2D eigenvalue weighted by Gasteiger charge is -2.09. The molecule has 0 aliphatic carbocycles. The highest BCUT2D eigenvalue weighted by Gasteiger charge is 2.06. The summed E-state index contributed by atoms with van der Waals surface area (Å²) in [7, 11) is 0. The van der Waals surface area contributed by atoms with Crippen LogP contribution >= 0.6 is 0 Å². The predicted molar refractivity (Wildman–Crippen MR) is 91.2 cm³/mol. The maximum absolute atomic E-state index is 5.77. The largest absolute Gasteiger partial charge is 0.494 e. The average Bonchev–Trinajstić information content (AvgIpc) is 3.01. The zero-order valence-electron chi connectivity index (χ0n) is 13.1. The molecule has 0 aliphatic rings. The predicted octanol–water partition coefficient (Wildman–Crippen LogP) is 3.30. The van der Waals surface area contributed by atoms with E-state index in [9.17, 15) is 0 Å². The minimum absolute atomic E-state index is 0.643. The summed E-state index contributed by atoms with van der Waals surface area (Å²) in [6.45, 7) is 3.46. The molecule has 0 aliphatic heterocycles. The second-order valence-electron chi connectivity index (χ2n) is 5.48. The summed E-state index contributed by atoms with van der Waals surface area (Å²) in [6.07, 6.45) is 2.63. The molecule has 23 heavy (non-hydrogen) atoms. The van der Waals surface area contributed by atoms with Crippen LogP contribution < -0.4 is 10.5 Å². The molecular formula is C18H20N4O. The first-order chi connectivity index (χ1) is 11.2. The summed E-state index contributed by atoms with van der Waals surface area (Å²) >= 11 is 0. The topological polar surface area (TPSA) is 66.0 Å². The number of ether oxygens (including phenoxy) is 1. The van der Waals surface area contributed by atoms with Gasteiger partial charge in [-0.1, -0.05) is 29.5 Å². The molecule has 0 radical (unpaired) electrons. The average molecular weight is 308 g/mol. The van der Waals surface area contributed by atoms with Gasteiger partial charge in [0.15, 0.2) is 0 Å². The van der Waals surface area contributed by atoms with E-state index in [2.05, 4.69) is 23.3 Å². The van der Waals surface area contributed by atoms with Gasteiger partial charge in [0.2, 0.25) is 0 Å². The Kier molecular flexibility index (Phi) is 4.57. The van der Waals surface area contributed by atoms with Crippen LogP contribution in [0.4, 0.5) is 5.69 Å². The summed E-state index contributed by atoms with van der Waals surface area (Å²) in [6, 6.07) is 15.8. The number of aryl methyl sites for hydroxylation is 2. The Morgan fingerprint density at radius 2 is 1.96 bits per heavy atom. The maximum atomic E-state index is 5.77. The number of nitrogen functional groups attached to an aromatic ring is 1. The molecule has 0 atom stereocenters. The van der Waals surface area contributed by atoms with Gasteiger partial charge in [0, 0.05) is 24.2 Å². The molecule has 1 heterocycles. The van der Waals surface area contributed by atoms with E-state index in [1.807, 2.05) is 47.1 Å². The van der Waals surface area contributed by atoms with E-state index >= 15 is 0 Å². The maximum Gasteiger partial charge on any atom is 0.119 e. The number of anilines is 1. The third-order valence-corrected chi connectivity index (χ3v) is 3.60. The number of aromatic nitrogens is 3. The van der Waals surface area contributed by atoms with Crippen LogP contribution in [0, 0.1) is 6.92 Å². The number of hydrogen-bond acceptors (Lipinski definition) is 4. The van der Waals surface area contributed by atoms with Crippen molar-refractivity contribution in [2.24, 2.45) is 0 Å². The molecule has 3 rings (SSSR count). The molecule has 0 bridgehead atoms. The fourth-order valence-corrected chi connectivity index (χ4v) is 2.41. The van der Waals surface area contributed by atoms with Crippen molar-refractivity contribution in [1.82, 2.24) is 15.0 Å². The van der Waals surface area contributed by atoms with Gasteiger partial charge in [-0.2, -0.15) is 0 Å². The van der Waals surface area contributed by atoms with Crippen LogP contribution in [0.3, 0.4) is 0 Å². The van der Waals surface area contributed by atoms with Crippen LogP contribution in [0.15, 0.2) is 54.7 Å². The third-order valence-electron chi connectivity index (χ3n) is 3.60. The summed E-state index contributed by atoms with van der Waals surface area (Å²) in [5.41, 5.74) is 9.72. The Morgan fingerprint density at radius 3 is 2.74 bits per heavy atom. The molecule has 0 saturated heterocycles. The van der Waals surface area contributed by atoms with Gasteiger partial charge in [0.05, 0.1) is 18.5 Å². The standard InChI is InChI=1S/C18H20N4O/c1-14-4-2-5-17(12-14)23-11-3-10-22-18(13-20-21-22)15-6-8-16(19)9-7-15/h2,4-9,12-13H,3,10-11,19H2,1H3. The Bertz CT molecular complexity index is 765. The zero-order valence-corrected chi connectivity index (χ0v) is 13.1. The minimum atomic E-state index is 0.643. The first kappa shape index (κ1) is 15.1. The van der Waals surface area contributed by atoms with E-state index in [-0.39, 0.29) is 0 Å². The van der Waals surface area contributed by atoms with Crippen molar-refractivity contribution in [1.29, 1.82) is 0 Å². The fourth-order valence-electron chi connectivity index (χ4n) is 2.41. The van der Waals surface area contributed by atoms with Gasteiger partial charge < -0.3 is 10.5 Å². The molecule has 0 unspecified atom stereocenters. The van der Waals surface area contributed by atoms with Crippen molar-refractivity contribution in [3.05, 3.63) is 60.3 Å². The number of nitrogens with two attached hydrogens (primary N) is 1. The zero-order chi connectivity index (χ0) is 16.1. The lowest BCUT2D eigenvalue weighted by Crippen LogP contribution is -2.07. The van der Waals surface area contributed by atoms with Crippen molar-refractivity contribution >= 4 is 5.69 Å². The molecule has 0 spiro atoms. The van der Waals surface area contributed by atoms with Gasteiger partial charge in [-0.25, -0.2) is 4.68 Å². The van der Waals surface area contributed by atoms with Gasteiger partial charge in [-0.3, -0.25) is 0 Å². The highest BCUT2D eigenvalue weighted by atomic mass is 16.5. The Balaban J connectivity index is 1.57. The highest BCUT2D eigenvalue weighted by Crippen LogP contribution is 2.19. The van der Waals surface area contributed by atoms with Crippen LogP contribution in [-0.4, -0.2) is 21.6 Å². The van der Waals surface area contributed by atoms with Gasteiger partial charge >= 0.3 is 0 Å². The SMILES string of the molecule is Cc1cccc(OCCCn2nncc2-c2ccc(N)cc2)c1. The molecule has 3 aromatic rings. The number of hydrogen-bond donors (Lipinski definition) is 1. The van der Waals surface area contributed by atoms with Crippen molar-refractivity contribution in [2.45, 2.75) is 19.9 Å². The summed E-state index contributed by atoms with van der Waals surface area (Å²) < 4.78 is 7.66. The van der Waals surface area contributed by atoms with E-state index in [4.69, 9.17) is 10.5 Å². The molecule has 0 amide bonds. The first-order valence-electron chi connectivity index (χ1n) is 7.66. The third kappa shape index (κ3) is 3.88. The lowest BCUT2D eigenvalue weighted by atomic mass is 10.1. The van der Waals surface area contributed by atoms with Gasteiger partial charge in [-0.15, -0.1) is 5.10 Å². The molecule has 2 aromatic carbocycles. The molecule has 118 valence electrons. The lowest BCUT2D eigenvalue weighted by molar-refractivity contribution is 0.298. The highest BCUT2D eigenvalue weighted by molar-refractivity contribution is 5.61. The summed E-state index contributed by atoms with van der Waals surface area (Å²) in [5.74, 6) is 0.905. The molecule has 0 saturated carbocycles. The minimum Gasteiger partial charge on any atom is -0.494 e. The van der Waals surface area contributed by atoms with E-state index in [0.29, 0.717) is 6.61 Å². The second-order valence-corrected chi connectivity index (χ2v) is 5.48. The van der Waals surface area contributed by atoms with Crippen molar-refractivity contribution in [3.63, 3.8) is 0 Å². The monoisotopic (exact) mass is 308 g/mol. The van der Waals surface area contributed by atoms with Gasteiger partial charge in [0.1, 0.15) is 5.75 Å². The molecule has 2 N–H and O–H groups in total. The van der Waals surface area contributed by atoms with Crippen molar-refractivity contribution in [3.8, 4) is 17.0 Å². The van der Waals surface area contributed by atoms with Crippen LogP contribution in [0.2, 0.25) is 0 Å². The second kappa shape index (κ2) is 6.96. The van der Waals surface area contributed by atoms with Gasteiger partial charge in [0.25, 0.3) is 0 Å². The Morgan fingerprint density at radius 1 is 1.13 bits per heavy atom. The molecule has 5 nitrogen and oxygen atoms in total. The van der Waals surface area contributed by atoms with Crippen LogP contribution in [0.5, 0.6) is 5.75 Å². The smallest absolute Gasteiger partial charge is 0.119 e. The summed E-state index contributed by atoms with van der Waals surface area (Å²) in [5, 5.41) is 8.16. The first-order valence-corrected chi connectivity index (χ1v) is 7.66. The molecule has 1 aromatic heterocycles.